The number of para-hydroxylation sites is 2. The largest absolute Gasteiger partial charge is 0.485 e. The number of benzene rings is 2. The molecule has 0 aliphatic carbocycles. The number of rotatable bonds is 8. The number of thioether (sulfide) groups is 1. The van der Waals surface area contributed by atoms with Crippen LogP contribution >= 0.6 is 11.8 Å². The highest BCUT2D eigenvalue weighted by molar-refractivity contribution is 7.99. The predicted molar refractivity (Wildman–Crippen MR) is 136 cm³/mol. The van der Waals surface area contributed by atoms with Gasteiger partial charge in [0.1, 0.15) is 6.61 Å². The lowest BCUT2D eigenvalue weighted by Crippen LogP contribution is -2.39. The highest BCUT2D eigenvalue weighted by Gasteiger charge is 2.29. The lowest BCUT2D eigenvalue weighted by Gasteiger charge is -2.32. The average molecular weight is 491 g/mol. The van der Waals surface area contributed by atoms with Gasteiger partial charge in [0.15, 0.2) is 28.6 Å². The molecule has 0 bridgehead atoms. The maximum Gasteiger partial charge on any atom is 0.233 e. The first kappa shape index (κ1) is 23.5. The van der Waals surface area contributed by atoms with E-state index in [1.165, 1.54) is 17.3 Å². The number of hydrogen-bond acceptors (Lipinski definition) is 6. The molecule has 8 heteroatoms. The second-order valence-corrected chi connectivity index (χ2v) is 9.85. The van der Waals surface area contributed by atoms with Crippen molar-refractivity contribution >= 4 is 17.7 Å². The molecule has 3 aromatic rings. The molecule has 3 heterocycles. The van der Waals surface area contributed by atoms with Gasteiger partial charge in [-0.3, -0.25) is 9.36 Å². The average Bonchev–Trinajstić information content (AvgIpc) is 3.30. The summed E-state index contributed by atoms with van der Waals surface area (Å²) >= 11 is 1.42. The van der Waals surface area contributed by atoms with Crippen LogP contribution in [0, 0.1) is 5.92 Å². The highest BCUT2D eigenvalue weighted by atomic mass is 32.2. The maximum atomic E-state index is 12.9. The van der Waals surface area contributed by atoms with Crippen LogP contribution in [-0.4, -0.2) is 51.0 Å². The van der Waals surface area contributed by atoms with Gasteiger partial charge in [-0.2, -0.15) is 0 Å². The molecule has 0 N–H and O–H groups in total. The number of carbonyl (C=O) groups excluding carboxylic acids is 1. The molecule has 7 nitrogen and oxygen atoms in total. The van der Waals surface area contributed by atoms with E-state index in [0.29, 0.717) is 41.6 Å². The van der Waals surface area contributed by atoms with Gasteiger partial charge < -0.3 is 14.4 Å². The van der Waals surface area contributed by atoms with Crippen molar-refractivity contribution in [2.45, 2.75) is 37.1 Å². The van der Waals surface area contributed by atoms with Crippen LogP contribution in [-0.2, 0) is 17.8 Å². The zero-order valence-corrected chi connectivity index (χ0v) is 20.5. The summed E-state index contributed by atoms with van der Waals surface area (Å²) in [4.78, 5) is 14.9. The number of piperidine rings is 1. The van der Waals surface area contributed by atoms with E-state index in [2.05, 4.69) is 47.1 Å². The van der Waals surface area contributed by atoms with Gasteiger partial charge >= 0.3 is 0 Å². The Balaban J connectivity index is 1.17. The van der Waals surface area contributed by atoms with Crippen LogP contribution in [0.4, 0.5) is 0 Å². The summed E-state index contributed by atoms with van der Waals surface area (Å²) in [5.41, 5.74) is 1.38. The topological polar surface area (TPSA) is 69.5 Å². The molecule has 182 valence electrons. The predicted octanol–water partition coefficient (Wildman–Crippen LogP) is 4.55. The number of fused-ring (bicyclic) bond motifs is 1. The molecule has 1 fully saturated rings. The lowest BCUT2D eigenvalue weighted by atomic mass is 9.90. The van der Waals surface area contributed by atoms with Gasteiger partial charge in [-0.05, 0) is 42.9 Å². The third-order valence-corrected chi connectivity index (χ3v) is 7.46. The minimum atomic E-state index is -0.369. The van der Waals surface area contributed by atoms with Crippen LogP contribution in [0.1, 0.15) is 30.3 Å². The van der Waals surface area contributed by atoms with E-state index in [0.717, 1.165) is 38.1 Å². The molecule has 1 unspecified atom stereocenters. The smallest absolute Gasteiger partial charge is 0.233 e. The summed E-state index contributed by atoms with van der Waals surface area (Å²) in [6.07, 6.45) is 4.60. The van der Waals surface area contributed by atoms with Crippen LogP contribution in [0.5, 0.6) is 11.5 Å². The molecule has 2 aromatic carbocycles. The molecule has 5 rings (SSSR count). The zero-order chi connectivity index (χ0) is 24.0. The second kappa shape index (κ2) is 11.0. The molecule has 1 atom stereocenters. The Morgan fingerprint density at radius 3 is 2.57 bits per heavy atom. The first-order chi connectivity index (χ1) is 17.2. The van der Waals surface area contributed by atoms with E-state index in [1.54, 1.807) is 6.08 Å². The fraction of sp³-hybridized carbons (Fsp3) is 0.370. The molecular weight excluding hydrogens is 460 g/mol. The first-order valence-electron chi connectivity index (χ1n) is 12.1. The zero-order valence-electron chi connectivity index (χ0n) is 19.7. The maximum absolute atomic E-state index is 12.9. The summed E-state index contributed by atoms with van der Waals surface area (Å²) < 4.78 is 13.9. The van der Waals surface area contributed by atoms with E-state index < -0.39 is 0 Å². The Morgan fingerprint density at radius 1 is 1.06 bits per heavy atom. The van der Waals surface area contributed by atoms with Gasteiger partial charge in [-0.25, -0.2) is 0 Å². The molecule has 1 aromatic heterocycles. The molecule has 35 heavy (non-hydrogen) atoms. The number of nitrogens with zero attached hydrogens (tertiary/aromatic N) is 4. The molecular formula is C27H30N4O3S. The molecule has 1 amide bonds. The van der Waals surface area contributed by atoms with Crippen LogP contribution in [0.15, 0.2) is 72.4 Å². The Kier molecular flexibility index (Phi) is 7.37. The third-order valence-electron chi connectivity index (χ3n) is 6.51. The van der Waals surface area contributed by atoms with E-state index in [4.69, 9.17) is 9.47 Å². The van der Waals surface area contributed by atoms with Crippen molar-refractivity contribution in [3.63, 3.8) is 0 Å². The summed E-state index contributed by atoms with van der Waals surface area (Å²) in [5, 5.41) is 9.44. The second-order valence-electron chi connectivity index (χ2n) is 8.91. The van der Waals surface area contributed by atoms with Gasteiger partial charge in [0.2, 0.25) is 5.91 Å². The molecule has 0 spiro atoms. The SMILES string of the molecule is C=CCn1c(SCC(=O)N2CCC(Cc3ccccc3)CC2)nnc1C1COc2ccccc2O1. The summed E-state index contributed by atoms with van der Waals surface area (Å²) in [5.74, 6) is 3.22. The Hall–Kier alpha value is -3.26. The van der Waals surface area contributed by atoms with Gasteiger partial charge in [0.05, 0.1) is 5.75 Å². The number of ether oxygens (including phenoxy) is 2. The minimum absolute atomic E-state index is 0.147. The van der Waals surface area contributed by atoms with Crippen LogP contribution in [0.2, 0.25) is 0 Å². The van der Waals surface area contributed by atoms with Gasteiger partial charge in [-0.15, -0.1) is 16.8 Å². The number of likely N-dealkylation sites (tertiary alicyclic amines) is 1. The molecule has 0 radical (unpaired) electrons. The molecule has 2 aliphatic rings. The van der Waals surface area contributed by atoms with Crippen molar-refractivity contribution in [3.05, 3.63) is 78.6 Å². The normalized spacial score (nSPS) is 17.8. The van der Waals surface area contributed by atoms with Crippen molar-refractivity contribution < 1.29 is 14.3 Å². The fourth-order valence-corrected chi connectivity index (χ4v) is 5.50. The van der Waals surface area contributed by atoms with Crippen LogP contribution < -0.4 is 9.47 Å². The highest BCUT2D eigenvalue weighted by Crippen LogP contribution is 2.36. The summed E-state index contributed by atoms with van der Waals surface area (Å²) in [7, 11) is 0. The van der Waals surface area contributed by atoms with E-state index in [9.17, 15) is 4.79 Å². The summed E-state index contributed by atoms with van der Waals surface area (Å²) in [6, 6.07) is 18.2. The number of allylic oxidation sites excluding steroid dienone is 1. The quantitative estimate of drug-likeness (QED) is 0.341. The van der Waals surface area contributed by atoms with E-state index in [1.807, 2.05) is 33.7 Å². The third kappa shape index (κ3) is 5.53. The minimum Gasteiger partial charge on any atom is -0.485 e. The van der Waals surface area contributed by atoms with Crippen molar-refractivity contribution in [1.29, 1.82) is 0 Å². The van der Waals surface area contributed by atoms with E-state index in [-0.39, 0.29) is 12.0 Å². The van der Waals surface area contributed by atoms with Gasteiger partial charge in [0.25, 0.3) is 0 Å². The number of carbonyl (C=O) groups is 1. The van der Waals surface area contributed by atoms with Gasteiger partial charge in [-0.1, -0.05) is 60.3 Å². The molecule has 1 saturated heterocycles. The van der Waals surface area contributed by atoms with Crippen molar-refractivity contribution in [2.75, 3.05) is 25.4 Å². The van der Waals surface area contributed by atoms with Crippen molar-refractivity contribution in [3.8, 4) is 11.5 Å². The monoisotopic (exact) mass is 490 g/mol. The number of aromatic nitrogens is 3. The number of hydrogen-bond donors (Lipinski definition) is 0. The van der Waals surface area contributed by atoms with Crippen molar-refractivity contribution in [1.82, 2.24) is 19.7 Å². The summed E-state index contributed by atoms with van der Waals surface area (Å²) in [6.45, 7) is 6.39. The first-order valence-corrected chi connectivity index (χ1v) is 13.1. The Bertz CT molecular complexity index is 1160. The van der Waals surface area contributed by atoms with Crippen LogP contribution in [0.25, 0.3) is 0 Å². The standard InChI is InChI=1S/C27H30N4O3S/c1-2-14-31-26(24-18-33-22-10-6-7-11-23(22)34-24)28-29-27(31)35-19-25(32)30-15-12-21(13-16-30)17-20-8-4-3-5-9-20/h2-11,21,24H,1,12-19H2. The number of amides is 1. The fourth-order valence-electron chi connectivity index (χ4n) is 4.64. The Morgan fingerprint density at radius 2 is 1.80 bits per heavy atom. The van der Waals surface area contributed by atoms with Crippen LogP contribution in [0.3, 0.4) is 0 Å². The van der Waals surface area contributed by atoms with E-state index >= 15 is 0 Å². The molecule has 0 saturated carbocycles. The molecule has 2 aliphatic heterocycles. The van der Waals surface area contributed by atoms with Crippen molar-refractivity contribution in [2.24, 2.45) is 5.92 Å². The Labute approximate surface area is 210 Å². The lowest BCUT2D eigenvalue weighted by molar-refractivity contribution is -0.129. The van der Waals surface area contributed by atoms with Gasteiger partial charge in [0, 0.05) is 19.6 Å².